The molecule has 0 saturated heterocycles. The zero-order chi connectivity index (χ0) is 17.5. The highest BCUT2D eigenvalue weighted by molar-refractivity contribution is 5.77. The van der Waals surface area contributed by atoms with Gasteiger partial charge in [0.15, 0.2) is 6.61 Å². The minimum atomic E-state index is -0.107. The lowest BCUT2D eigenvalue weighted by molar-refractivity contribution is -0.872. The molecule has 128 valence electrons. The molecule has 0 saturated carbocycles. The van der Waals surface area contributed by atoms with Crippen molar-refractivity contribution in [3.05, 3.63) is 64.7 Å². The molecule has 4 nitrogen and oxygen atoms in total. The van der Waals surface area contributed by atoms with Crippen LogP contribution >= 0.6 is 0 Å². The van der Waals surface area contributed by atoms with Crippen molar-refractivity contribution in [3.8, 4) is 5.75 Å². The number of nitrogens with one attached hydrogen (secondary N) is 2. The molecular weight excluding hydrogens is 300 g/mol. The zero-order valence-corrected chi connectivity index (χ0v) is 15.0. The number of amides is 1. The molecule has 1 amide bonds. The summed E-state index contributed by atoms with van der Waals surface area (Å²) >= 11 is 0. The van der Waals surface area contributed by atoms with Crippen LogP contribution in [0.1, 0.15) is 22.3 Å². The van der Waals surface area contributed by atoms with E-state index < -0.39 is 0 Å². The predicted octanol–water partition coefficient (Wildman–Crippen LogP) is 1.64. The molecule has 0 aliphatic carbocycles. The van der Waals surface area contributed by atoms with E-state index >= 15 is 0 Å². The van der Waals surface area contributed by atoms with Crippen LogP contribution in [-0.2, 0) is 17.9 Å². The Morgan fingerprint density at radius 1 is 1.00 bits per heavy atom. The number of quaternary nitrogens is 1. The van der Waals surface area contributed by atoms with Gasteiger partial charge in [0.1, 0.15) is 12.3 Å². The number of para-hydroxylation sites is 1. The van der Waals surface area contributed by atoms with Crippen molar-refractivity contribution >= 4 is 5.91 Å². The van der Waals surface area contributed by atoms with E-state index in [0.717, 1.165) is 29.0 Å². The lowest BCUT2D eigenvalue weighted by atomic mass is 10.1. The van der Waals surface area contributed by atoms with Crippen LogP contribution in [0.2, 0.25) is 0 Å². The summed E-state index contributed by atoms with van der Waals surface area (Å²) in [6.07, 6.45) is 0. The SMILES string of the molecule is Cc1cccc(C)c1OCC(=O)NCc1ccccc1C[NH+](C)C. The van der Waals surface area contributed by atoms with E-state index in [9.17, 15) is 4.79 Å². The van der Waals surface area contributed by atoms with Crippen molar-refractivity contribution in [1.29, 1.82) is 0 Å². The molecule has 2 aromatic rings. The van der Waals surface area contributed by atoms with Gasteiger partial charge in [0.05, 0.1) is 14.1 Å². The summed E-state index contributed by atoms with van der Waals surface area (Å²) in [5.41, 5.74) is 4.50. The maximum Gasteiger partial charge on any atom is 0.258 e. The average Bonchev–Trinajstić information content (AvgIpc) is 2.53. The molecule has 0 unspecified atom stereocenters. The Labute approximate surface area is 144 Å². The maximum atomic E-state index is 12.1. The second kappa shape index (κ2) is 8.50. The third-order valence-electron chi connectivity index (χ3n) is 3.89. The molecule has 0 aromatic heterocycles. The molecule has 0 heterocycles. The predicted molar refractivity (Wildman–Crippen MR) is 96.2 cm³/mol. The molecule has 0 aliphatic heterocycles. The van der Waals surface area contributed by atoms with E-state index in [1.165, 1.54) is 10.5 Å². The fourth-order valence-electron chi connectivity index (χ4n) is 2.69. The van der Waals surface area contributed by atoms with Gasteiger partial charge in [0, 0.05) is 12.1 Å². The van der Waals surface area contributed by atoms with Gasteiger partial charge in [-0.3, -0.25) is 4.79 Å². The van der Waals surface area contributed by atoms with E-state index in [0.29, 0.717) is 6.54 Å². The summed E-state index contributed by atoms with van der Waals surface area (Å²) in [5.74, 6) is 0.689. The largest absolute Gasteiger partial charge is 0.483 e. The molecule has 0 radical (unpaired) electrons. The van der Waals surface area contributed by atoms with Gasteiger partial charge in [-0.1, -0.05) is 42.5 Å². The smallest absolute Gasteiger partial charge is 0.258 e. The molecule has 2 rings (SSSR count). The third kappa shape index (κ3) is 5.10. The van der Waals surface area contributed by atoms with Crippen LogP contribution in [-0.4, -0.2) is 26.6 Å². The van der Waals surface area contributed by atoms with E-state index in [1.807, 2.05) is 44.2 Å². The van der Waals surface area contributed by atoms with Gasteiger partial charge in [-0.2, -0.15) is 0 Å². The minimum Gasteiger partial charge on any atom is -0.483 e. The summed E-state index contributed by atoms with van der Waals surface area (Å²) in [6.45, 7) is 5.47. The van der Waals surface area contributed by atoms with Crippen LogP contribution in [0.25, 0.3) is 0 Å². The number of rotatable bonds is 7. The monoisotopic (exact) mass is 327 g/mol. The van der Waals surface area contributed by atoms with Gasteiger partial charge < -0.3 is 15.0 Å². The number of hydrogen-bond acceptors (Lipinski definition) is 2. The standard InChI is InChI=1S/C20H26N2O2/c1-15-8-7-9-16(2)20(15)24-14-19(23)21-12-17-10-5-6-11-18(17)13-22(3)4/h5-11H,12-14H2,1-4H3,(H,21,23)/p+1. The van der Waals surface area contributed by atoms with E-state index in [-0.39, 0.29) is 12.5 Å². The molecular formula is C20H27N2O2+. The highest BCUT2D eigenvalue weighted by atomic mass is 16.5. The molecule has 2 aromatic carbocycles. The average molecular weight is 327 g/mol. The molecule has 2 N–H and O–H groups in total. The van der Waals surface area contributed by atoms with E-state index in [4.69, 9.17) is 4.74 Å². The van der Waals surface area contributed by atoms with Crippen molar-refractivity contribution in [2.45, 2.75) is 26.9 Å². The fraction of sp³-hybridized carbons (Fsp3) is 0.350. The highest BCUT2D eigenvalue weighted by Gasteiger charge is 2.09. The Morgan fingerprint density at radius 3 is 2.25 bits per heavy atom. The first-order valence-corrected chi connectivity index (χ1v) is 8.29. The first-order valence-electron chi connectivity index (χ1n) is 8.29. The second-order valence-corrected chi connectivity index (χ2v) is 6.44. The number of carbonyl (C=O) groups excluding carboxylic acids is 1. The van der Waals surface area contributed by atoms with Crippen LogP contribution in [0.4, 0.5) is 0 Å². The fourth-order valence-corrected chi connectivity index (χ4v) is 2.69. The quantitative estimate of drug-likeness (QED) is 0.812. The van der Waals surface area contributed by atoms with E-state index in [2.05, 4.69) is 31.5 Å². The molecule has 4 heteroatoms. The Bertz CT molecular complexity index is 676. The van der Waals surface area contributed by atoms with Gasteiger partial charge in [-0.05, 0) is 30.5 Å². The molecule has 0 spiro atoms. The number of ether oxygens (including phenoxy) is 1. The summed E-state index contributed by atoms with van der Waals surface area (Å²) in [7, 11) is 4.24. The minimum absolute atomic E-state index is 0.0345. The Balaban J connectivity index is 1.90. The summed E-state index contributed by atoms with van der Waals surface area (Å²) in [5, 5.41) is 2.95. The van der Waals surface area contributed by atoms with Crippen LogP contribution in [0, 0.1) is 13.8 Å². The van der Waals surface area contributed by atoms with Crippen molar-refractivity contribution < 1.29 is 14.4 Å². The van der Waals surface area contributed by atoms with E-state index in [1.54, 1.807) is 0 Å². The Morgan fingerprint density at radius 2 is 1.62 bits per heavy atom. The summed E-state index contributed by atoms with van der Waals surface area (Å²) < 4.78 is 5.70. The molecule has 0 fully saturated rings. The normalized spacial score (nSPS) is 10.7. The Hall–Kier alpha value is -2.33. The third-order valence-corrected chi connectivity index (χ3v) is 3.89. The first-order chi connectivity index (χ1) is 11.5. The maximum absolute atomic E-state index is 12.1. The van der Waals surface area contributed by atoms with Crippen LogP contribution in [0.15, 0.2) is 42.5 Å². The second-order valence-electron chi connectivity index (χ2n) is 6.44. The van der Waals surface area contributed by atoms with Gasteiger partial charge in [-0.25, -0.2) is 0 Å². The van der Waals surface area contributed by atoms with Crippen molar-refractivity contribution in [2.75, 3.05) is 20.7 Å². The lowest BCUT2D eigenvalue weighted by Crippen LogP contribution is -3.04. The summed E-state index contributed by atoms with van der Waals surface area (Å²) in [4.78, 5) is 13.5. The van der Waals surface area contributed by atoms with Gasteiger partial charge >= 0.3 is 0 Å². The van der Waals surface area contributed by atoms with Gasteiger partial charge in [0.2, 0.25) is 0 Å². The van der Waals surface area contributed by atoms with Gasteiger partial charge in [0.25, 0.3) is 5.91 Å². The lowest BCUT2D eigenvalue weighted by Gasteiger charge is -2.14. The molecule has 0 bridgehead atoms. The molecule has 24 heavy (non-hydrogen) atoms. The molecule has 0 atom stereocenters. The molecule has 0 aliphatic rings. The zero-order valence-electron chi connectivity index (χ0n) is 15.0. The number of aryl methyl sites for hydroxylation is 2. The van der Waals surface area contributed by atoms with Crippen LogP contribution in [0.3, 0.4) is 0 Å². The highest BCUT2D eigenvalue weighted by Crippen LogP contribution is 2.22. The first kappa shape index (κ1) is 18.0. The number of hydrogen-bond donors (Lipinski definition) is 2. The summed E-state index contributed by atoms with van der Waals surface area (Å²) in [6, 6.07) is 14.2. The topological polar surface area (TPSA) is 42.8 Å². The van der Waals surface area contributed by atoms with Crippen molar-refractivity contribution in [2.24, 2.45) is 0 Å². The van der Waals surface area contributed by atoms with Crippen molar-refractivity contribution in [1.82, 2.24) is 5.32 Å². The van der Waals surface area contributed by atoms with Crippen LogP contribution in [0.5, 0.6) is 5.75 Å². The van der Waals surface area contributed by atoms with Crippen molar-refractivity contribution in [3.63, 3.8) is 0 Å². The number of benzene rings is 2. The number of carbonyl (C=O) groups is 1. The van der Waals surface area contributed by atoms with Crippen LogP contribution < -0.4 is 15.0 Å². The Kier molecular flexibility index (Phi) is 6.38. The van der Waals surface area contributed by atoms with Gasteiger partial charge in [-0.15, -0.1) is 0 Å².